The first kappa shape index (κ1) is 21.3. The van der Waals surface area contributed by atoms with Crippen LogP contribution in [0.1, 0.15) is 32.1 Å². The summed E-state index contributed by atoms with van der Waals surface area (Å²) in [5.41, 5.74) is 3.47. The lowest BCUT2D eigenvalue weighted by Crippen LogP contribution is -2.15. The lowest BCUT2D eigenvalue weighted by atomic mass is 10.1. The van der Waals surface area contributed by atoms with Gasteiger partial charge in [0, 0.05) is 28.3 Å². The number of nitrogens with one attached hydrogen (secondary N) is 1. The van der Waals surface area contributed by atoms with E-state index >= 15 is 0 Å². The van der Waals surface area contributed by atoms with Crippen molar-refractivity contribution in [3.05, 3.63) is 83.2 Å². The minimum absolute atomic E-state index is 0.145. The maximum absolute atomic E-state index is 12.7. The molecule has 156 valence electrons. The van der Waals surface area contributed by atoms with E-state index in [1.807, 2.05) is 48.7 Å². The van der Waals surface area contributed by atoms with E-state index in [0.717, 1.165) is 23.3 Å². The van der Waals surface area contributed by atoms with Gasteiger partial charge in [0.05, 0.1) is 11.8 Å². The van der Waals surface area contributed by atoms with Gasteiger partial charge < -0.3 is 9.30 Å². The van der Waals surface area contributed by atoms with E-state index in [1.54, 1.807) is 6.07 Å². The number of benzene rings is 2. The summed E-state index contributed by atoms with van der Waals surface area (Å²) in [6.45, 7) is 3.33. The molecule has 0 saturated heterocycles. The zero-order valence-corrected chi connectivity index (χ0v) is 17.7. The molecule has 0 saturated carbocycles. The van der Waals surface area contributed by atoms with Crippen LogP contribution in [0.25, 0.3) is 5.69 Å². The molecule has 0 radical (unpaired) electrons. The molecule has 0 spiro atoms. The summed E-state index contributed by atoms with van der Waals surface area (Å²) in [7, 11) is -3.47. The Morgan fingerprint density at radius 1 is 1.00 bits per heavy atom. The van der Waals surface area contributed by atoms with Gasteiger partial charge in [-0.1, -0.05) is 24.3 Å². The van der Waals surface area contributed by atoms with E-state index in [9.17, 15) is 18.0 Å². The van der Waals surface area contributed by atoms with Gasteiger partial charge in [-0.3, -0.25) is 9.52 Å². The van der Waals surface area contributed by atoms with Crippen LogP contribution >= 0.6 is 0 Å². The van der Waals surface area contributed by atoms with E-state index < -0.39 is 22.6 Å². The summed E-state index contributed by atoms with van der Waals surface area (Å²) >= 11 is 0. The number of hydrogen-bond donors (Lipinski definition) is 1. The minimum Gasteiger partial charge on any atom is -0.454 e. The van der Waals surface area contributed by atoms with E-state index in [4.69, 9.17) is 4.74 Å². The molecule has 0 aliphatic rings. The van der Waals surface area contributed by atoms with Crippen LogP contribution in [0, 0.1) is 13.8 Å². The van der Waals surface area contributed by atoms with E-state index in [2.05, 4.69) is 4.72 Å². The van der Waals surface area contributed by atoms with Gasteiger partial charge >= 0.3 is 5.97 Å². The van der Waals surface area contributed by atoms with Gasteiger partial charge in [-0.05, 0) is 50.2 Å². The molecule has 0 bridgehead atoms. The summed E-state index contributed by atoms with van der Waals surface area (Å²) in [5.74, 6) is -1.03. The van der Waals surface area contributed by atoms with Gasteiger partial charge in [0.2, 0.25) is 15.8 Å². The van der Waals surface area contributed by atoms with Crippen molar-refractivity contribution in [1.29, 1.82) is 0 Å². The Kier molecular flexibility index (Phi) is 6.07. The van der Waals surface area contributed by atoms with Gasteiger partial charge in [-0.15, -0.1) is 0 Å². The number of ether oxygens (including phenoxy) is 1. The number of aromatic nitrogens is 1. The number of carbonyl (C=O) groups is 2. The Balaban J connectivity index is 1.72. The third-order valence-electron chi connectivity index (χ3n) is 4.48. The van der Waals surface area contributed by atoms with Crippen molar-refractivity contribution in [3.63, 3.8) is 0 Å². The molecule has 1 N–H and O–H groups in total. The molecule has 3 aromatic rings. The quantitative estimate of drug-likeness (QED) is 0.461. The van der Waals surface area contributed by atoms with Crippen molar-refractivity contribution < 1.29 is 22.7 Å². The number of anilines is 1. The van der Waals surface area contributed by atoms with Crippen LogP contribution in [0.3, 0.4) is 0 Å². The summed E-state index contributed by atoms with van der Waals surface area (Å²) in [4.78, 5) is 25.0. The highest BCUT2D eigenvalue weighted by atomic mass is 32.2. The van der Waals surface area contributed by atoms with Crippen LogP contribution in [0.2, 0.25) is 0 Å². The summed E-state index contributed by atoms with van der Waals surface area (Å²) in [6, 6.07) is 17.3. The minimum atomic E-state index is -3.47. The van der Waals surface area contributed by atoms with Crippen LogP contribution < -0.4 is 4.72 Å². The fourth-order valence-corrected chi connectivity index (χ4v) is 3.79. The van der Waals surface area contributed by atoms with Crippen LogP contribution in [0.4, 0.5) is 5.69 Å². The van der Waals surface area contributed by atoms with Gasteiger partial charge in [0.1, 0.15) is 0 Å². The topological polar surface area (TPSA) is 94.5 Å². The lowest BCUT2D eigenvalue weighted by Gasteiger charge is -2.10. The molecule has 0 amide bonds. The smallest absolute Gasteiger partial charge is 0.338 e. The average molecular weight is 426 g/mol. The number of esters is 1. The second-order valence-corrected chi connectivity index (χ2v) is 8.66. The molecule has 1 heterocycles. The van der Waals surface area contributed by atoms with E-state index in [1.165, 1.54) is 24.3 Å². The molecule has 0 unspecified atom stereocenters. The Hall–Kier alpha value is -3.39. The number of aryl methyl sites for hydroxylation is 1. The number of rotatable bonds is 7. The summed E-state index contributed by atoms with van der Waals surface area (Å²) < 4.78 is 32.1. The molecule has 8 heteroatoms. The third kappa shape index (κ3) is 4.96. The van der Waals surface area contributed by atoms with Crippen molar-refractivity contribution in [3.8, 4) is 5.69 Å². The van der Waals surface area contributed by atoms with Crippen LogP contribution in [0.5, 0.6) is 0 Å². The Morgan fingerprint density at radius 2 is 1.70 bits per heavy atom. The fraction of sp³-hybridized carbons (Fsp3) is 0.182. The van der Waals surface area contributed by atoms with Gasteiger partial charge in [0.15, 0.2) is 6.61 Å². The Labute approximate surface area is 175 Å². The normalized spacial score (nSPS) is 11.2. The highest BCUT2D eigenvalue weighted by Gasteiger charge is 2.19. The summed E-state index contributed by atoms with van der Waals surface area (Å²) in [6.07, 6.45) is 1.02. The number of carbonyl (C=O) groups excluding carboxylic acids is 2. The number of hydrogen-bond acceptors (Lipinski definition) is 5. The molecule has 7 nitrogen and oxygen atoms in total. The van der Waals surface area contributed by atoms with Crippen molar-refractivity contribution in [2.45, 2.75) is 13.8 Å². The largest absolute Gasteiger partial charge is 0.454 e. The second-order valence-electron chi connectivity index (χ2n) is 6.91. The Morgan fingerprint density at radius 3 is 2.37 bits per heavy atom. The van der Waals surface area contributed by atoms with Gasteiger partial charge in [-0.2, -0.15) is 0 Å². The number of Topliss-reactive ketones (excluding diaryl/α,β-unsaturated/α-hetero) is 1. The standard InChI is InChI=1S/C22H22N2O5S/c1-15-12-20(16(2)24(15)19-10-5-4-6-11-19)21(25)14-29-22(26)17-8-7-9-18(13-17)23-30(3,27)28/h4-13,23H,14H2,1-3H3. The number of ketones is 1. The van der Waals surface area contributed by atoms with Crippen LogP contribution in [0.15, 0.2) is 60.7 Å². The van der Waals surface area contributed by atoms with E-state index in [-0.39, 0.29) is 17.0 Å². The average Bonchev–Trinajstić information content (AvgIpc) is 2.99. The zero-order chi connectivity index (χ0) is 21.9. The molecule has 2 aromatic carbocycles. The molecule has 0 atom stereocenters. The monoisotopic (exact) mass is 426 g/mol. The first-order valence-corrected chi connectivity index (χ1v) is 11.1. The molecule has 0 aliphatic heterocycles. The second kappa shape index (κ2) is 8.54. The van der Waals surface area contributed by atoms with Crippen LogP contribution in [-0.2, 0) is 14.8 Å². The Bertz CT molecular complexity index is 1200. The van der Waals surface area contributed by atoms with Gasteiger partial charge in [0.25, 0.3) is 0 Å². The first-order chi connectivity index (χ1) is 14.2. The maximum Gasteiger partial charge on any atom is 0.338 e. The summed E-state index contributed by atoms with van der Waals surface area (Å²) in [5, 5.41) is 0. The molecule has 0 fully saturated rings. The van der Waals surface area contributed by atoms with Crippen molar-refractivity contribution in [2.75, 3.05) is 17.6 Å². The molecule has 1 aromatic heterocycles. The van der Waals surface area contributed by atoms with Crippen LogP contribution in [-0.4, -0.2) is 37.6 Å². The SMILES string of the molecule is Cc1cc(C(=O)COC(=O)c2cccc(NS(C)(=O)=O)c2)c(C)n1-c1ccccc1. The number of nitrogens with zero attached hydrogens (tertiary/aromatic N) is 1. The zero-order valence-electron chi connectivity index (χ0n) is 16.9. The molecular formula is C22H22N2O5S. The first-order valence-electron chi connectivity index (χ1n) is 9.18. The molecule has 30 heavy (non-hydrogen) atoms. The van der Waals surface area contributed by atoms with Gasteiger partial charge in [-0.25, -0.2) is 13.2 Å². The maximum atomic E-state index is 12.7. The van der Waals surface area contributed by atoms with E-state index in [0.29, 0.717) is 5.56 Å². The fourth-order valence-electron chi connectivity index (χ4n) is 3.24. The van der Waals surface area contributed by atoms with Crippen molar-refractivity contribution in [1.82, 2.24) is 4.57 Å². The molecule has 0 aliphatic carbocycles. The number of sulfonamides is 1. The lowest BCUT2D eigenvalue weighted by molar-refractivity contribution is 0.0474. The highest BCUT2D eigenvalue weighted by molar-refractivity contribution is 7.92. The third-order valence-corrected chi connectivity index (χ3v) is 5.09. The molecule has 3 rings (SSSR count). The van der Waals surface area contributed by atoms with Crippen molar-refractivity contribution >= 4 is 27.5 Å². The number of para-hydroxylation sites is 1. The predicted molar refractivity (Wildman–Crippen MR) is 115 cm³/mol. The molecular weight excluding hydrogens is 404 g/mol. The van der Waals surface area contributed by atoms with Crippen molar-refractivity contribution in [2.24, 2.45) is 0 Å². The predicted octanol–water partition coefficient (Wildman–Crippen LogP) is 3.51. The highest BCUT2D eigenvalue weighted by Crippen LogP contribution is 2.21.